The van der Waals surface area contributed by atoms with E-state index in [0.717, 1.165) is 11.1 Å². The van der Waals surface area contributed by atoms with Gasteiger partial charge < -0.3 is 5.11 Å². The van der Waals surface area contributed by atoms with Crippen LogP contribution in [-0.4, -0.2) is 22.8 Å². The van der Waals surface area contributed by atoms with Gasteiger partial charge in [0, 0.05) is 30.0 Å². The van der Waals surface area contributed by atoms with Gasteiger partial charge in [-0.1, -0.05) is 49.7 Å². The van der Waals surface area contributed by atoms with Gasteiger partial charge in [-0.25, -0.2) is 4.79 Å². The van der Waals surface area contributed by atoms with Crippen molar-refractivity contribution < 1.29 is 19.5 Å². The van der Waals surface area contributed by atoms with Crippen molar-refractivity contribution in [3.63, 3.8) is 0 Å². The van der Waals surface area contributed by atoms with Crippen LogP contribution in [0.25, 0.3) is 0 Å². The number of carboxylic acids is 1. The Morgan fingerprint density at radius 2 is 1.84 bits per heavy atom. The first-order chi connectivity index (χ1) is 14.6. The van der Waals surface area contributed by atoms with Crippen LogP contribution in [0.1, 0.15) is 60.5 Å². The van der Waals surface area contributed by atoms with E-state index < -0.39 is 5.97 Å². The third kappa shape index (κ3) is 3.79. The number of hydrogen-bond donors (Lipinski definition) is 1. The van der Waals surface area contributed by atoms with Gasteiger partial charge in [-0.2, -0.15) is 0 Å². The Hall–Kier alpha value is -2.92. The second kappa shape index (κ2) is 7.65. The topological polar surface area (TPSA) is 74.7 Å². The molecular weight excluding hydrogens is 414 g/mol. The van der Waals surface area contributed by atoms with Gasteiger partial charge in [0.2, 0.25) is 5.91 Å². The van der Waals surface area contributed by atoms with Crippen molar-refractivity contribution in [2.24, 2.45) is 5.41 Å². The lowest BCUT2D eigenvalue weighted by Crippen LogP contribution is -2.44. The van der Waals surface area contributed by atoms with Crippen LogP contribution in [0.4, 0.5) is 5.69 Å². The SMILES string of the molecule is Cc1ccccc1C1CC(=O)N(c2cc(C(=O)O)ccc2Cl)C2=C1C(=O)CC(C)(C)C2. The summed E-state index contributed by atoms with van der Waals surface area (Å²) in [4.78, 5) is 39.8. The molecule has 1 amide bonds. The number of ketones is 1. The van der Waals surface area contributed by atoms with Crippen molar-refractivity contribution in [2.75, 3.05) is 4.90 Å². The van der Waals surface area contributed by atoms with E-state index in [-0.39, 0.29) is 40.0 Å². The maximum absolute atomic E-state index is 13.5. The minimum absolute atomic E-state index is 0.0301. The quantitative estimate of drug-likeness (QED) is 0.686. The highest BCUT2D eigenvalue weighted by atomic mass is 35.5. The summed E-state index contributed by atoms with van der Waals surface area (Å²) < 4.78 is 0. The smallest absolute Gasteiger partial charge is 0.335 e. The number of allylic oxidation sites excluding steroid dienone is 2. The molecule has 31 heavy (non-hydrogen) atoms. The Morgan fingerprint density at radius 1 is 1.13 bits per heavy atom. The fraction of sp³-hybridized carbons (Fsp3) is 0.320. The number of nitrogens with zero attached hydrogens (tertiary/aromatic N) is 1. The maximum atomic E-state index is 13.5. The van der Waals surface area contributed by atoms with Crippen LogP contribution < -0.4 is 4.90 Å². The van der Waals surface area contributed by atoms with Crippen LogP contribution in [-0.2, 0) is 9.59 Å². The number of carbonyl (C=O) groups is 3. The van der Waals surface area contributed by atoms with Gasteiger partial charge in [0.25, 0.3) is 0 Å². The van der Waals surface area contributed by atoms with Crippen LogP contribution in [0, 0.1) is 12.3 Å². The average molecular weight is 438 g/mol. The molecule has 1 aliphatic heterocycles. The van der Waals surface area contributed by atoms with Crippen molar-refractivity contribution in [3.05, 3.63) is 75.4 Å². The number of carbonyl (C=O) groups excluding carboxylic acids is 2. The third-order valence-corrected chi connectivity index (χ3v) is 6.46. The van der Waals surface area contributed by atoms with Crippen molar-refractivity contribution >= 4 is 34.9 Å². The fourth-order valence-electron chi connectivity index (χ4n) is 4.76. The molecule has 0 saturated heterocycles. The second-order valence-electron chi connectivity index (χ2n) is 9.12. The normalized spacial score (nSPS) is 20.6. The number of hydrogen-bond acceptors (Lipinski definition) is 3. The molecule has 2 aliphatic rings. The number of aryl methyl sites for hydroxylation is 1. The van der Waals surface area contributed by atoms with E-state index in [9.17, 15) is 19.5 Å². The predicted octanol–water partition coefficient (Wildman–Crippen LogP) is 5.51. The monoisotopic (exact) mass is 437 g/mol. The number of Topliss-reactive ketones (excluding diaryl/α,β-unsaturated/α-hetero) is 1. The molecule has 0 bridgehead atoms. The van der Waals surface area contributed by atoms with Crippen molar-refractivity contribution in [3.8, 4) is 0 Å². The Balaban J connectivity index is 1.95. The Morgan fingerprint density at radius 3 is 2.52 bits per heavy atom. The van der Waals surface area contributed by atoms with Gasteiger partial charge in [-0.15, -0.1) is 0 Å². The van der Waals surface area contributed by atoms with E-state index in [0.29, 0.717) is 29.8 Å². The molecule has 4 rings (SSSR count). The van der Waals surface area contributed by atoms with Gasteiger partial charge in [0.15, 0.2) is 5.78 Å². The summed E-state index contributed by atoms with van der Waals surface area (Å²) in [7, 11) is 0. The highest BCUT2D eigenvalue weighted by Gasteiger charge is 2.45. The molecule has 2 aromatic rings. The highest BCUT2D eigenvalue weighted by Crippen LogP contribution is 2.49. The van der Waals surface area contributed by atoms with E-state index in [1.54, 1.807) is 0 Å². The number of rotatable bonds is 3. The van der Waals surface area contributed by atoms with E-state index in [1.165, 1.54) is 23.1 Å². The molecule has 1 aliphatic carbocycles. The van der Waals surface area contributed by atoms with Gasteiger partial charge in [0.1, 0.15) is 0 Å². The van der Waals surface area contributed by atoms with E-state index >= 15 is 0 Å². The summed E-state index contributed by atoms with van der Waals surface area (Å²) in [6.07, 6.45) is 1.05. The Kier molecular flexibility index (Phi) is 5.26. The van der Waals surface area contributed by atoms with Crippen molar-refractivity contribution in [2.45, 2.75) is 46.0 Å². The number of amides is 1. The molecule has 6 heteroatoms. The molecule has 1 unspecified atom stereocenters. The van der Waals surface area contributed by atoms with Gasteiger partial charge >= 0.3 is 5.97 Å². The number of benzene rings is 2. The Bertz CT molecular complexity index is 1150. The van der Waals surface area contributed by atoms with Crippen LogP contribution in [0.3, 0.4) is 0 Å². The third-order valence-electron chi connectivity index (χ3n) is 6.14. The summed E-state index contributed by atoms with van der Waals surface area (Å²) >= 11 is 6.42. The molecule has 0 aromatic heterocycles. The van der Waals surface area contributed by atoms with Crippen LogP contribution in [0.15, 0.2) is 53.7 Å². The molecule has 160 valence electrons. The predicted molar refractivity (Wildman–Crippen MR) is 119 cm³/mol. The van der Waals surface area contributed by atoms with Gasteiger partial charge in [-0.05, 0) is 48.1 Å². The minimum Gasteiger partial charge on any atom is -0.478 e. The summed E-state index contributed by atoms with van der Waals surface area (Å²) in [5.74, 6) is -1.58. The molecule has 5 nitrogen and oxygen atoms in total. The Labute approximate surface area is 186 Å². The van der Waals surface area contributed by atoms with Crippen molar-refractivity contribution in [1.29, 1.82) is 0 Å². The molecule has 0 fully saturated rings. The lowest BCUT2D eigenvalue weighted by molar-refractivity contribution is -0.121. The standard InChI is InChI=1S/C25H24ClNO4/c1-14-6-4-5-7-16(14)17-11-22(29)27(19-10-15(24(30)31)8-9-18(19)26)20-12-25(2,3)13-21(28)23(17)20/h4-10,17H,11-13H2,1-3H3,(H,30,31). The highest BCUT2D eigenvalue weighted by molar-refractivity contribution is 6.34. The van der Waals surface area contributed by atoms with E-state index in [1.807, 2.05) is 45.0 Å². The van der Waals surface area contributed by atoms with Crippen LogP contribution >= 0.6 is 11.6 Å². The van der Waals surface area contributed by atoms with Crippen LogP contribution in [0.5, 0.6) is 0 Å². The molecule has 0 spiro atoms. The zero-order valence-electron chi connectivity index (χ0n) is 17.7. The fourth-order valence-corrected chi connectivity index (χ4v) is 4.96. The zero-order valence-corrected chi connectivity index (χ0v) is 18.5. The molecule has 1 atom stereocenters. The molecule has 0 radical (unpaired) electrons. The van der Waals surface area contributed by atoms with Crippen LogP contribution in [0.2, 0.25) is 5.02 Å². The average Bonchev–Trinajstić information content (AvgIpc) is 2.67. The lowest BCUT2D eigenvalue weighted by Gasteiger charge is -2.43. The minimum atomic E-state index is -1.10. The van der Waals surface area contributed by atoms with E-state index in [4.69, 9.17) is 11.6 Å². The van der Waals surface area contributed by atoms with E-state index in [2.05, 4.69) is 0 Å². The largest absolute Gasteiger partial charge is 0.478 e. The first kappa shape index (κ1) is 21.3. The van der Waals surface area contributed by atoms with Gasteiger partial charge in [-0.3, -0.25) is 14.5 Å². The summed E-state index contributed by atoms with van der Waals surface area (Å²) in [6.45, 7) is 5.99. The molecular formula is C25H24ClNO4. The maximum Gasteiger partial charge on any atom is 0.335 e. The number of anilines is 1. The number of aromatic carboxylic acids is 1. The van der Waals surface area contributed by atoms with Crippen molar-refractivity contribution in [1.82, 2.24) is 0 Å². The molecule has 1 N–H and O–H groups in total. The summed E-state index contributed by atoms with van der Waals surface area (Å²) in [5, 5.41) is 9.70. The second-order valence-corrected chi connectivity index (χ2v) is 9.52. The van der Waals surface area contributed by atoms with Gasteiger partial charge in [0.05, 0.1) is 16.3 Å². The lowest BCUT2D eigenvalue weighted by atomic mass is 9.69. The summed E-state index contributed by atoms with van der Waals surface area (Å²) in [6, 6.07) is 12.1. The number of carboxylic acid groups (broad SMARTS) is 1. The molecule has 2 aromatic carbocycles. The first-order valence-electron chi connectivity index (χ1n) is 10.3. The molecule has 1 heterocycles. The summed E-state index contributed by atoms with van der Waals surface area (Å²) in [5.41, 5.74) is 3.31. The number of halogens is 1. The zero-order chi connectivity index (χ0) is 22.5. The first-order valence-corrected chi connectivity index (χ1v) is 10.6. The molecule has 0 saturated carbocycles.